The Morgan fingerprint density at radius 1 is 1.03 bits per heavy atom. The molecule has 2 aromatic heterocycles. The maximum atomic E-state index is 14.1. The van der Waals surface area contributed by atoms with Crippen molar-refractivity contribution >= 4 is 33.4 Å². The Hall–Kier alpha value is -4.19. The molecule has 5 nitrogen and oxygen atoms in total. The zero-order valence-electron chi connectivity index (χ0n) is 18.8. The van der Waals surface area contributed by atoms with Crippen LogP contribution in [0.25, 0.3) is 33.2 Å². The zero-order valence-corrected chi connectivity index (χ0v) is 18.8. The summed E-state index contributed by atoms with van der Waals surface area (Å²) in [5.41, 5.74) is 5.10. The van der Waals surface area contributed by atoms with Crippen LogP contribution in [0, 0.1) is 5.82 Å². The van der Waals surface area contributed by atoms with Gasteiger partial charge in [-0.3, -0.25) is 4.79 Å². The van der Waals surface area contributed by atoms with Crippen molar-refractivity contribution in [1.29, 1.82) is 0 Å². The summed E-state index contributed by atoms with van der Waals surface area (Å²) in [6.45, 7) is 0. The molecule has 170 valence electrons. The van der Waals surface area contributed by atoms with Crippen LogP contribution < -0.4 is 10.1 Å². The number of ether oxygens (including phenoxy) is 1. The molecule has 0 fully saturated rings. The molecule has 2 N–H and O–H groups in total. The highest BCUT2D eigenvalue weighted by atomic mass is 19.1. The third-order valence-corrected chi connectivity index (χ3v) is 5.93. The lowest BCUT2D eigenvalue weighted by Crippen LogP contribution is -2.11. The fraction of sp³-hybridized carbons (Fsp3) is 0.143. The van der Waals surface area contributed by atoms with Crippen molar-refractivity contribution in [2.24, 2.45) is 0 Å². The molecule has 0 saturated heterocycles. The Balaban J connectivity index is 1.38. The summed E-state index contributed by atoms with van der Waals surface area (Å²) in [5.74, 6) is 0.379. The van der Waals surface area contributed by atoms with Gasteiger partial charge in [0.25, 0.3) is 0 Å². The van der Waals surface area contributed by atoms with Gasteiger partial charge in [-0.15, -0.1) is 0 Å². The average Bonchev–Trinajstić information content (AvgIpc) is 3.22. The monoisotopic (exact) mass is 453 g/mol. The number of carbonyl (C=O) groups excluding carboxylic acids is 1. The van der Waals surface area contributed by atoms with Crippen LogP contribution in [0.4, 0.5) is 10.1 Å². The van der Waals surface area contributed by atoms with E-state index in [1.54, 1.807) is 31.4 Å². The Morgan fingerprint density at radius 3 is 2.68 bits per heavy atom. The summed E-state index contributed by atoms with van der Waals surface area (Å²) in [6, 6.07) is 23.9. The van der Waals surface area contributed by atoms with Crippen LogP contribution in [0.1, 0.15) is 18.4 Å². The number of nitrogens with one attached hydrogen (secondary N) is 2. The standard InChI is InChI=1S/C28H24FN3O2/c1-34-21-13-11-20(12-14-21)30-27(33)8-4-6-22-23-17-19(29)10-16-25(23)32-28(22)26-15-9-18-5-2-3-7-24(18)31-26/h2-3,5,7,9-17,32H,4,6,8H2,1H3,(H,30,33). The van der Waals surface area contributed by atoms with Crippen molar-refractivity contribution in [3.8, 4) is 17.1 Å². The van der Waals surface area contributed by atoms with Gasteiger partial charge >= 0.3 is 0 Å². The van der Waals surface area contributed by atoms with Crippen molar-refractivity contribution in [2.75, 3.05) is 12.4 Å². The number of fused-ring (bicyclic) bond motifs is 2. The molecule has 0 atom stereocenters. The molecule has 2 heterocycles. The molecule has 6 heteroatoms. The van der Waals surface area contributed by atoms with E-state index in [9.17, 15) is 9.18 Å². The Kier molecular flexibility index (Phi) is 5.95. The number of methoxy groups -OCH3 is 1. The van der Waals surface area contributed by atoms with Crippen LogP contribution in [0.2, 0.25) is 0 Å². The normalized spacial score (nSPS) is 11.1. The number of amides is 1. The van der Waals surface area contributed by atoms with Crippen LogP contribution >= 0.6 is 0 Å². The van der Waals surface area contributed by atoms with Gasteiger partial charge in [-0.1, -0.05) is 24.3 Å². The number of halogens is 1. The van der Waals surface area contributed by atoms with Gasteiger partial charge in [-0.05, 0) is 73.0 Å². The minimum atomic E-state index is -0.289. The SMILES string of the molecule is COc1ccc(NC(=O)CCCc2c(-c3ccc4ccccc4n3)[nH]c3ccc(F)cc23)cc1. The van der Waals surface area contributed by atoms with Crippen LogP contribution in [-0.2, 0) is 11.2 Å². The molecule has 0 saturated carbocycles. The summed E-state index contributed by atoms with van der Waals surface area (Å²) in [7, 11) is 1.60. The summed E-state index contributed by atoms with van der Waals surface area (Å²) in [6.07, 6.45) is 1.58. The first-order valence-electron chi connectivity index (χ1n) is 11.2. The molecule has 0 unspecified atom stereocenters. The number of H-pyrrole nitrogens is 1. The van der Waals surface area contributed by atoms with E-state index in [1.807, 2.05) is 48.5 Å². The van der Waals surface area contributed by atoms with Gasteiger partial charge in [0.2, 0.25) is 5.91 Å². The fourth-order valence-electron chi connectivity index (χ4n) is 4.23. The van der Waals surface area contributed by atoms with Crippen molar-refractivity contribution in [1.82, 2.24) is 9.97 Å². The van der Waals surface area contributed by atoms with E-state index in [4.69, 9.17) is 9.72 Å². The minimum absolute atomic E-state index is 0.0680. The Labute approximate surface area is 196 Å². The summed E-state index contributed by atoms with van der Waals surface area (Å²) in [4.78, 5) is 20.7. The highest BCUT2D eigenvalue weighted by Crippen LogP contribution is 2.32. The Bertz CT molecular complexity index is 1470. The molecule has 34 heavy (non-hydrogen) atoms. The largest absolute Gasteiger partial charge is 0.497 e. The number of hydrogen-bond acceptors (Lipinski definition) is 3. The number of hydrogen-bond donors (Lipinski definition) is 2. The van der Waals surface area contributed by atoms with E-state index < -0.39 is 0 Å². The van der Waals surface area contributed by atoms with Crippen LogP contribution in [-0.4, -0.2) is 23.0 Å². The maximum absolute atomic E-state index is 14.1. The number of aryl methyl sites for hydroxylation is 1. The second-order valence-corrected chi connectivity index (χ2v) is 8.19. The van der Waals surface area contributed by atoms with Gasteiger partial charge in [0.15, 0.2) is 0 Å². The van der Waals surface area contributed by atoms with Crippen molar-refractivity contribution in [3.63, 3.8) is 0 Å². The van der Waals surface area contributed by atoms with E-state index in [0.29, 0.717) is 19.3 Å². The second kappa shape index (κ2) is 9.35. The topological polar surface area (TPSA) is 67.0 Å². The number of anilines is 1. The lowest BCUT2D eigenvalue weighted by molar-refractivity contribution is -0.116. The Morgan fingerprint density at radius 2 is 1.85 bits per heavy atom. The molecular weight excluding hydrogens is 429 g/mol. The fourth-order valence-corrected chi connectivity index (χ4v) is 4.23. The quantitative estimate of drug-likeness (QED) is 0.296. The molecule has 0 bridgehead atoms. The lowest BCUT2D eigenvalue weighted by Gasteiger charge is -2.08. The second-order valence-electron chi connectivity index (χ2n) is 8.19. The van der Waals surface area contributed by atoms with E-state index in [-0.39, 0.29) is 11.7 Å². The van der Waals surface area contributed by atoms with Crippen LogP contribution in [0.15, 0.2) is 78.9 Å². The maximum Gasteiger partial charge on any atom is 0.224 e. The van der Waals surface area contributed by atoms with Crippen molar-refractivity contribution in [3.05, 3.63) is 90.2 Å². The first-order chi connectivity index (χ1) is 16.6. The number of pyridine rings is 1. The van der Waals surface area contributed by atoms with Gasteiger partial charge in [0.05, 0.1) is 24.0 Å². The number of para-hydroxylation sites is 1. The highest BCUT2D eigenvalue weighted by Gasteiger charge is 2.16. The summed E-state index contributed by atoms with van der Waals surface area (Å²) in [5, 5.41) is 4.79. The number of aromatic amines is 1. The van der Waals surface area contributed by atoms with E-state index in [1.165, 1.54) is 6.07 Å². The smallest absolute Gasteiger partial charge is 0.224 e. The molecule has 0 radical (unpaired) electrons. The molecule has 3 aromatic carbocycles. The molecule has 5 aromatic rings. The van der Waals surface area contributed by atoms with E-state index in [0.717, 1.165) is 50.2 Å². The van der Waals surface area contributed by atoms with Gasteiger partial charge < -0.3 is 15.0 Å². The minimum Gasteiger partial charge on any atom is -0.497 e. The molecule has 0 aliphatic heterocycles. The van der Waals surface area contributed by atoms with Gasteiger partial charge in [0.1, 0.15) is 11.6 Å². The van der Waals surface area contributed by atoms with E-state index >= 15 is 0 Å². The molecule has 0 aliphatic carbocycles. The van der Waals surface area contributed by atoms with Gasteiger partial charge in [-0.25, -0.2) is 9.37 Å². The number of rotatable bonds is 7. The van der Waals surface area contributed by atoms with E-state index in [2.05, 4.69) is 10.3 Å². The summed E-state index contributed by atoms with van der Waals surface area (Å²) < 4.78 is 19.2. The predicted molar refractivity (Wildman–Crippen MR) is 134 cm³/mol. The number of carbonyl (C=O) groups is 1. The lowest BCUT2D eigenvalue weighted by atomic mass is 10.0. The molecule has 0 aliphatic rings. The number of benzene rings is 3. The third-order valence-electron chi connectivity index (χ3n) is 5.93. The van der Waals surface area contributed by atoms with Crippen LogP contribution in [0.5, 0.6) is 5.75 Å². The zero-order chi connectivity index (χ0) is 23.5. The third kappa shape index (κ3) is 4.48. The predicted octanol–water partition coefficient (Wildman–Crippen LogP) is 6.49. The average molecular weight is 454 g/mol. The highest BCUT2D eigenvalue weighted by molar-refractivity contribution is 5.92. The molecule has 0 spiro atoms. The van der Waals surface area contributed by atoms with Crippen LogP contribution in [0.3, 0.4) is 0 Å². The van der Waals surface area contributed by atoms with Gasteiger partial charge in [-0.2, -0.15) is 0 Å². The molecule has 5 rings (SSSR count). The first kappa shape index (κ1) is 21.6. The molecule has 1 amide bonds. The molecular formula is C28H24FN3O2. The summed E-state index contributed by atoms with van der Waals surface area (Å²) >= 11 is 0. The number of aromatic nitrogens is 2. The van der Waals surface area contributed by atoms with Crippen molar-refractivity contribution in [2.45, 2.75) is 19.3 Å². The first-order valence-corrected chi connectivity index (χ1v) is 11.2. The van der Waals surface area contributed by atoms with Gasteiger partial charge in [0, 0.05) is 28.4 Å². The van der Waals surface area contributed by atoms with Crippen molar-refractivity contribution < 1.29 is 13.9 Å². The number of nitrogens with zero attached hydrogens (tertiary/aromatic N) is 1.